The first kappa shape index (κ1) is 12.8. The summed E-state index contributed by atoms with van der Waals surface area (Å²) in [5.41, 5.74) is 0.675. The molecule has 6 heteroatoms. The molecule has 0 bridgehead atoms. The molecule has 0 saturated heterocycles. The molecule has 0 atom stereocenters. The fourth-order valence-electron chi connectivity index (χ4n) is 1.20. The first-order valence-electron chi connectivity index (χ1n) is 4.79. The Kier molecular flexibility index (Phi) is 4.33. The van der Waals surface area contributed by atoms with Gasteiger partial charge in [0.15, 0.2) is 24.7 Å². The van der Waals surface area contributed by atoms with Crippen LogP contribution in [0.25, 0.3) is 0 Å². The van der Waals surface area contributed by atoms with Gasteiger partial charge in [-0.3, -0.25) is 0 Å². The minimum absolute atomic E-state index is 0.216. The molecule has 0 aliphatic carbocycles. The Labute approximate surface area is 97.4 Å². The summed E-state index contributed by atoms with van der Waals surface area (Å²) in [6.45, 7) is 0.700. The van der Waals surface area contributed by atoms with E-state index in [0.717, 1.165) is 0 Å². The lowest BCUT2D eigenvalue weighted by atomic mass is 10.2. The predicted octanol–water partition coefficient (Wildman–Crippen LogP) is 0.922. The molecule has 0 aliphatic heterocycles. The molecule has 1 aromatic rings. The summed E-state index contributed by atoms with van der Waals surface area (Å²) in [5.74, 6) is -1.77. The van der Waals surface area contributed by atoms with Crippen molar-refractivity contribution in [2.75, 3.05) is 13.2 Å². The van der Waals surface area contributed by atoms with Gasteiger partial charge in [-0.25, -0.2) is 9.59 Å². The van der Waals surface area contributed by atoms with E-state index in [2.05, 4.69) is 0 Å². The molecule has 0 saturated carbocycles. The van der Waals surface area contributed by atoms with E-state index in [1.54, 1.807) is 19.1 Å². The molecule has 0 amide bonds. The number of carboxylic acid groups (broad SMARTS) is 2. The maximum absolute atomic E-state index is 10.4. The van der Waals surface area contributed by atoms with Crippen LogP contribution in [0.5, 0.6) is 11.5 Å². The number of carbonyl (C=O) groups is 2. The van der Waals surface area contributed by atoms with Crippen LogP contribution in [0.3, 0.4) is 0 Å². The summed E-state index contributed by atoms with van der Waals surface area (Å²) in [6.07, 6.45) is 0. The fraction of sp³-hybridized carbons (Fsp3) is 0.273. The Balaban J connectivity index is 2.83. The molecule has 0 radical (unpaired) electrons. The SMILES string of the molecule is Cc1cccc(OCC(=O)O)c1OCC(=O)O. The van der Waals surface area contributed by atoms with Gasteiger partial charge in [-0.2, -0.15) is 0 Å². The Bertz CT molecular complexity index is 426. The van der Waals surface area contributed by atoms with Crippen molar-refractivity contribution in [2.24, 2.45) is 0 Å². The van der Waals surface area contributed by atoms with Gasteiger partial charge >= 0.3 is 11.9 Å². The quantitative estimate of drug-likeness (QED) is 0.768. The van der Waals surface area contributed by atoms with E-state index in [1.165, 1.54) is 6.07 Å². The number of hydrogen-bond acceptors (Lipinski definition) is 4. The number of hydrogen-bond donors (Lipinski definition) is 2. The van der Waals surface area contributed by atoms with Crippen LogP contribution in [0.1, 0.15) is 5.56 Å². The van der Waals surface area contributed by atoms with Crippen molar-refractivity contribution in [3.63, 3.8) is 0 Å². The van der Waals surface area contributed by atoms with Crippen molar-refractivity contribution in [3.8, 4) is 11.5 Å². The van der Waals surface area contributed by atoms with Crippen LogP contribution in [0.4, 0.5) is 0 Å². The van der Waals surface area contributed by atoms with Gasteiger partial charge in [0, 0.05) is 0 Å². The number of para-hydroxylation sites is 1. The molecule has 0 heterocycles. The standard InChI is InChI=1S/C11H12O6/c1-7-3-2-4-8(16-5-9(12)13)11(7)17-6-10(14)15/h2-4H,5-6H2,1H3,(H,12,13)(H,14,15). The summed E-state index contributed by atoms with van der Waals surface area (Å²) >= 11 is 0. The van der Waals surface area contributed by atoms with Crippen molar-refractivity contribution in [1.82, 2.24) is 0 Å². The second kappa shape index (κ2) is 5.74. The van der Waals surface area contributed by atoms with Gasteiger partial charge < -0.3 is 19.7 Å². The van der Waals surface area contributed by atoms with E-state index in [1.807, 2.05) is 0 Å². The maximum Gasteiger partial charge on any atom is 0.341 e. The molecule has 1 rings (SSSR count). The molecule has 0 fully saturated rings. The highest BCUT2D eigenvalue weighted by Gasteiger charge is 2.11. The highest BCUT2D eigenvalue weighted by molar-refractivity contribution is 5.69. The zero-order chi connectivity index (χ0) is 12.8. The van der Waals surface area contributed by atoms with Crippen molar-refractivity contribution in [2.45, 2.75) is 6.92 Å². The summed E-state index contributed by atoms with van der Waals surface area (Å²) in [7, 11) is 0. The highest BCUT2D eigenvalue weighted by Crippen LogP contribution is 2.30. The molecular formula is C11H12O6. The Morgan fingerprint density at radius 1 is 1.12 bits per heavy atom. The lowest BCUT2D eigenvalue weighted by molar-refractivity contribution is -0.140. The Hall–Kier alpha value is -2.24. The van der Waals surface area contributed by atoms with Gasteiger partial charge in [-0.1, -0.05) is 12.1 Å². The molecule has 6 nitrogen and oxygen atoms in total. The zero-order valence-electron chi connectivity index (χ0n) is 9.17. The smallest absolute Gasteiger partial charge is 0.341 e. The summed E-state index contributed by atoms with van der Waals surface area (Å²) in [4.78, 5) is 20.8. The van der Waals surface area contributed by atoms with Crippen LogP contribution < -0.4 is 9.47 Å². The van der Waals surface area contributed by atoms with Crippen LogP contribution in [0.2, 0.25) is 0 Å². The molecule has 0 aliphatic rings. The summed E-state index contributed by atoms with van der Waals surface area (Å²) < 4.78 is 10.0. The molecule has 0 unspecified atom stereocenters. The van der Waals surface area contributed by atoms with E-state index in [4.69, 9.17) is 19.7 Å². The van der Waals surface area contributed by atoms with Crippen LogP contribution >= 0.6 is 0 Å². The Morgan fingerprint density at radius 3 is 2.29 bits per heavy atom. The van der Waals surface area contributed by atoms with Gasteiger partial charge in [-0.15, -0.1) is 0 Å². The number of rotatable bonds is 6. The van der Waals surface area contributed by atoms with E-state index in [0.29, 0.717) is 5.56 Å². The van der Waals surface area contributed by atoms with Crippen LogP contribution in [0.15, 0.2) is 18.2 Å². The van der Waals surface area contributed by atoms with Crippen molar-refractivity contribution < 1.29 is 29.3 Å². The number of aliphatic carboxylic acids is 2. The van der Waals surface area contributed by atoms with Gasteiger partial charge in [0.25, 0.3) is 0 Å². The van der Waals surface area contributed by atoms with E-state index < -0.39 is 25.2 Å². The van der Waals surface area contributed by atoms with Crippen molar-refractivity contribution >= 4 is 11.9 Å². The second-order valence-electron chi connectivity index (χ2n) is 3.27. The van der Waals surface area contributed by atoms with Crippen molar-refractivity contribution in [1.29, 1.82) is 0 Å². The third-order valence-corrected chi connectivity index (χ3v) is 1.87. The van der Waals surface area contributed by atoms with Gasteiger partial charge in [0.2, 0.25) is 0 Å². The maximum atomic E-state index is 10.4. The van der Waals surface area contributed by atoms with E-state index in [9.17, 15) is 9.59 Å². The average molecular weight is 240 g/mol. The van der Waals surface area contributed by atoms with E-state index >= 15 is 0 Å². The number of carboxylic acids is 2. The molecule has 1 aromatic carbocycles. The number of aryl methyl sites for hydroxylation is 1. The third-order valence-electron chi connectivity index (χ3n) is 1.87. The zero-order valence-corrected chi connectivity index (χ0v) is 9.17. The molecule has 17 heavy (non-hydrogen) atoms. The van der Waals surface area contributed by atoms with Gasteiger partial charge in [0.1, 0.15) is 0 Å². The second-order valence-corrected chi connectivity index (χ2v) is 3.27. The van der Waals surface area contributed by atoms with Crippen LogP contribution in [-0.2, 0) is 9.59 Å². The first-order valence-corrected chi connectivity index (χ1v) is 4.79. The lowest BCUT2D eigenvalue weighted by Crippen LogP contribution is -2.13. The fourth-order valence-corrected chi connectivity index (χ4v) is 1.20. The van der Waals surface area contributed by atoms with Gasteiger partial charge in [0.05, 0.1) is 0 Å². The average Bonchev–Trinajstić information content (AvgIpc) is 2.24. The third kappa shape index (κ3) is 4.02. The molecule has 92 valence electrons. The monoisotopic (exact) mass is 240 g/mol. The lowest BCUT2D eigenvalue weighted by Gasteiger charge is -2.12. The topological polar surface area (TPSA) is 93.1 Å². The highest BCUT2D eigenvalue weighted by atomic mass is 16.5. The molecule has 0 spiro atoms. The minimum Gasteiger partial charge on any atom is -0.479 e. The molecule has 0 aromatic heterocycles. The van der Waals surface area contributed by atoms with Gasteiger partial charge in [-0.05, 0) is 18.6 Å². The predicted molar refractivity (Wildman–Crippen MR) is 57.4 cm³/mol. The normalized spacial score (nSPS) is 9.71. The first-order chi connectivity index (χ1) is 8.00. The van der Waals surface area contributed by atoms with Crippen LogP contribution in [0, 0.1) is 6.92 Å². The largest absolute Gasteiger partial charge is 0.479 e. The molecule has 2 N–H and O–H groups in total. The number of benzene rings is 1. The summed E-state index contributed by atoms with van der Waals surface area (Å²) in [6, 6.07) is 4.90. The minimum atomic E-state index is -1.12. The summed E-state index contributed by atoms with van der Waals surface area (Å²) in [5, 5.41) is 17.0. The van der Waals surface area contributed by atoms with Crippen molar-refractivity contribution in [3.05, 3.63) is 23.8 Å². The molecular weight excluding hydrogens is 228 g/mol. The van der Waals surface area contributed by atoms with Crippen LogP contribution in [-0.4, -0.2) is 35.4 Å². The van der Waals surface area contributed by atoms with E-state index in [-0.39, 0.29) is 11.5 Å². The Morgan fingerprint density at radius 2 is 1.71 bits per heavy atom. The number of ether oxygens (including phenoxy) is 2.